The molecule has 1 N–H and O–H groups in total. The Hall–Kier alpha value is -2.39. The Morgan fingerprint density at radius 3 is 2.39 bits per heavy atom. The van der Waals surface area contributed by atoms with Gasteiger partial charge in [0, 0.05) is 31.0 Å². The van der Waals surface area contributed by atoms with Crippen LogP contribution in [0.2, 0.25) is 5.02 Å². The number of benzene rings is 2. The van der Waals surface area contributed by atoms with Crippen molar-refractivity contribution in [3.8, 4) is 0 Å². The van der Waals surface area contributed by atoms with E-state index in [1.54, 1.807) is 18.2 Å². The summed E-state index contributed by atoms with van der Waals surface area (Å²) in [4.78, 5) is 17.5. The summed E-state index contributed by atoms with van der Waals surface area (Å²) in [6.45, 7) is 1.89. The second-order valence-corrected chi connectivity index (χ2v) is 10.7. The molecular weight excluding hydrogens is 454 g/mol. The number of carbonyl (C=O) groups is 1. The summed E-state index contributed by atoms with van der Waals surface area (Å²) >= 11 is 7.42. The summed E-state index contributed by atoms with van der Waals surface area (Å²) < 4.78 is 25.6. The molecule has 9 heteroatoms. The number of hydrogen-bond donors (Lipinski definition) is 1. The maximum atomic E-state index is 13.1. The minimum Gasteiger partial charge on any atom is -0.325 e. The average molecular weight is 476 g/mol. The largest absolute Gasteiger partial charge is 0.325 e. The molecule has 0 spiro atoms. The molecule has 1 atom stereocenters. The first kappa shape index (κ1) is 23.3. The monoisotopic (exact) mass is 475 g/mol. The molecule has 2 aromatic carbocycles. The van der Waals surface area contributed by atoms with Gasteiger partial charge in [0.25, 0.3) is 0 Å². The van der Waals surface area contributed by atoms with Crippen molar-refractivity contribution in [2.75, 3.05) is 19.4 Å². The standard InChI is InChI=1S/C22H22ClN3O3S2/c1-15-9-10-17(13-19(15)23)25-22(27)21(16-7-5-4-6-8-16)30-20-12-11-18(14-24-20)31(28,29)26(2)3/h4-14,21H,1-3H3,(H,25,27). The molecule has 162 valence electrons. The van der Waals surface area contributed by atoms with E-state index in [4.69, 9.17) is 11.6 Å². The maximum Gasteiger partial charge on any atom is 0.244 e. The molecule has 1 amide bonds. The van der Waals surface area contributed by atoms with Crippen molar-refractivity contribution in [2.24, 2.45) is 0 Å². The third kappa shape index (κ3) is 5.65. The third-order valence-corrected chi connectivity index (χ3v) is 7.92. The molecule has 31 heavy (non-hydrogen) atoms. The zero-order valence-electron chi connectivity index (χ0n) is 17.2. The van der Waals surface area contributed by atoms with E-state index in [1.807, 2.05) is 43.3 Å². The number of aryl methyl sites for hydroxylation is 1. The van der Waals surface area contributed by atoms with Crippen molar-refractivity contribution in [2.45, 2.75) is 22.1 Å². The van der Waals surface area contributed by atoms with Crippen molar-refractivity contribution in [3.63, 3.8) is 0 Å². The summed E-state index contributed by atoms with van der Waals surface area (Å²) in [5.41, 5.74) is 2.32. The fourth-order valence-corrected chi connectivity index (χ4v) is 4.69. The Balaban J connectivity index is 1.86. The Kier molecular flexibility index (Phi) is 7.38. The van der Waals surface area contributed by atoms with E-state index in [1.165, 1.54) is 38.1 Å². The van der Waals surface area contributed by atoms with E-state index < -0.39 is 15.3 Å². The second-order valence-electron chi connectivity index (χ2n) is 6.98. The highest BCUT2D eigenvalue weighted by atomic mass is 35.5. The number of halogens is 1. The summed E-state index contributed by atoms with van der Waals surface area (Å²) in [5.74, 6) is -0.233. The molecule has 0 aliphatic heterocycles. The minimum atomic E-state index is -3.57. The number of sulfonamides is 1. The first-order chi connectivity index (χ1) is 14.7. The molecule has 0 radical (unpaired) electrons. The van der Waals surface area contributed by atoms with Crippen molar-refractivity contribution >= 4 is 45.0 Å². The Bertz CT molecular complexity index is 1170. The molecule has 3 aromatic rings. The van der Waals surface area contributed by atoms with Crippen LogP contribution in [0.3, 0.4) is 0 Å². The molecule has 1 heterocycles. The van der Waals surface area contributed by atoms with Gasteiger partial charge < -0.3 is 5.32 Å². The number of pyridine rings is 1. The lowest BCUT2D eigenvalue weighted by Gasteiger charge is -2.17. The van der Waals surface area contributed by atoms with Gasteiger partial charge in [-0.15, -0.1) is 0 Å². The Morgan fingerprint density at radius 2 is 1.81 bits per heavy atom. The summed E-state index contributed by atoms with van der Waals surface area (Å²) in [6.07, 6.45) is 1.30. The maximum absolute atomic E-state index is 13.1. The van der Waals surface area contributed by atoms with Crippen LogP contribution in [0.5, 0.6) is 0 Å². The first-order valence-corrected chi connectivity index (χ1v) is 12.1. The highest BCUT2D eigenvalue weighted by Gasteiger charge is 2.24. The number of nitrogens with one attached hydrogen (secondary N) is 1. The normalized spacial score (nSPS) is 12.5. The van der Waals surface area contributed by atoms with Crippen molar-refractivity contribution in [3.05, 3.63) is 83.0 Å². The van der Waals surface area contributed by atoms with Crippen LogP contribution < -0.4 is 5.32 Å². The van der Waals surface area contributed by atoms with Crippen molar-refractivity contribution in [1.82, 2.24) is 9.29 Å². The predicted octanol–water partition coefficient (Wildman–Crippen LogP) is 4.77. The zero-order valence-corrected chi connectivity index (χ0v) is 19.6. The van der Waals surface area contributed by atoms with Crippen LogP contribution in [-0.4, -0.2) is 37.7 Å². The molecule has 3 rings (SSSR count). The number of aromatic nitrogens is 1. The van der Waals surface area contributed by atoms with Gasteiger partial charge in [-0.25, -0.2) is 17.7 Å². The molecule has 0 saturated heterocycles. The number of hydrogen-bond acceptors (Lipinski definition) is 5. The Morgan fingerprint density at radius 1 is 1.10 bits per heavy atom. The van der Waals surface area contributed by atoms with Gasteiger partial charge in [0.15, 0.2) is 0 Å². The minimum absolute atomic E-state index is 0.0943. The molecular formula is C22H22ClN3O3S2. The van der Waals surface area contributed by atoms with Crippen LogP contribution in [0.4, 0.5) is 5.69 Å². The number of amides is 1. The van der Waals surface area contributed by atoms with E-state index in [9.17, 15) is 13.2 Å². The number of thioether (sulfide) groups is 1. The highest BCUT2D eigenvalue weighted by molar-refractivity contribution is 8.00. The van der Waals surface area contributed by atoms with E-state index in [0.29, 0.717) is 15.7 Å². The molecule has 0 aliphatic rings. The van der Waals surface area contributed by atoms with Gasteiger partial charge in [0.1, 0.15) is 10.1 Å². The fraction of sp³-hybridized carbons (Fsp3) is 0.182. The fourth-order valence-electron chi connectivity index (χ4n) is 2.70. The number of nitrogens with zero attached hydrogens (tertiary/aromatic N) is 2. The molecule has 0 fully saturated rings. The van der Waals surface area contributed by atoms with Crippen LogP contribution in [0, 0.1) is 6.92 Å². The smallest absolute Gasteiger partial charge is 0.244 e. The molecule has 0 saturated carbocycles. The van der Waals surface area contributed by atoms with Gasteiger partial charge in [-0.1, -0.05) is 59.8 Å². The zero-order chi connectivity index (χ0) is 22.6. The van der Waals surface area contributed by atoms with E-state index in [-0.39, 0.29) is 10.8 Å². The van der Waals surface area contributed by atoms with Crippen LogP contribution in [0.25, 0.3) is 0 Å². The summed E-state index contributed by atoms with van der Waals surface area (Å²) in [5, 5.41) is 3.41. The number of anilines is 1. The lowest BCUT2D eigenvalue weighted by molar-refractivity contribution is -0.115. The van der Waals surface area contributed by atoms with Crippen LogP contribution in [0.15, 0.2) is 76.8 Å². The highest BCUT2D eigenvalue weighted by Crippen LogP contribution is 2.36. The lowest BCUT2D eigenvalue weighted by atomic mass is 10.1. The van der Waals surface area contributed by atoms with Crippen LogP contribution >= 0.6 is 23.4 Å². The van der Waals surface area contributed by atoms with Gasteiger partial charge in [0.05, 0.1) is 5.03 Å². The topological polar surface area (TPSA) is 79.4 Å². The second kappa shape index (κ2) is 9.82. The van der Waals surface area contributed by atoms with Crippen LogP contribution in [-0.2, 0) is 14.8 Å². The molecule has 0 bridgehead atoms. The lowest BCUT2D eigenvalue weighted by Crippen LogP contribution is -2.22. The van der Waals surface area contributed by atoms with E-state index >= 15 is 0 Å². The van der Waals surface area contributed by atoms with Gasteiger partial charge in [-0.2, -0.15) is 0 Å². The number of carbonyl (C=O) groups excluding carboxylic acids is 1. The quantitative estimate of drug-likeness (QED) is 0.498. The van der Waals surface area contributed by atoms with Crippen molar-refractivity contribution in [1.29, 1.82) is 0 Å². The third-order valence-electron chi connectivity index (χ3n) is 4.51. The van der Waals surface area contributed by atoms with E-state index in [2.05, 4.69) is 10.3 Å². The molecule has 1 unspecified atom stereocenters. The summed E-state index contributed by atoms with van der Waals surface area (Å²) in [6, 6.07) is 17.8. The SMILES string of the molecule is Cc1ccc(NC(=O)C(Sc2ccc(S(=O)(=O)N(C)C)cn2)c2ccccc2)cc1Cl. The predicted molar refractivity (Wildman–Crippen MR) is 125 cm³/mol. The molecule has 6 nitrogen and oxygen atoms in total. The van der Waals surface area contributed by atoms with Gasteiger partial charge in [-0.3, -0.25) is 4.79 Å². The average Bonchev–Trinajstić information content (AvgIpc) is 2.75. The van der Waals surface area contributed by atoms with Gasteiger partial charge >= 0.3 is 0 Å². The molecule has 1 aromatic heterocycles. The Labute approximate surface area is 191 Å². The number of rotatable bonds is 7. The first-order valence-electron chi connectivity index (χ1n) is 9.35. The van der Waals surface area contributed by atoms with Gasteiger partial charge in [-0.05, 0) is 42.3 Å². The van der Waals surface area contributed by atoms with E-state index in [0.717, 1.165) is 15.4 Å². The van der Waals surface area contributed by atoms with Crippen LogP contribution in [0.1, 0.15) is 16.4 Å². The molecule has 0 aliphatic carbocycles. The summed E-state index contributed by atoms with van der Waals surface area (Å²) in [7, 11) is -0.642. The van der Waals surface area contributed by atoms with Crippen molar-refractivity contribution < 1.29 is 13.2 Å². The van der Waals surface area contributed by atoms with Gasteiger partial charge in [0.2, 0.25) is 15.9 Å².